The third-order valence-corrected chi connectivity index (χ3v) is 1.89. The number of carbonyl (C=O) groups excluding carboxylic acids is 2. The highest BCUT2D eigenvalue weighted by atomic mass is 16.9. The van der Waals surface area contributed by atoms with Gasteiger partial charge in [-0.05, 0) is 23.8 Å². The molecular formula is C9H6N2O6. The molecule has 0 aromatic heterocycles. The topological polar surface area (TPSA) is 105 Å². The van der Waals surface area contributed by atoms with Crippen molar-refractivity contribution in [1.29, 1.82) is 0 Å². The van der Waals surface area contributed by atoms with Gasteiger partial charge < -0.3 is 14.8 Å². The highest BCUT2D eigenvalue weighted by molar-refractivity contribution is 6.30. The van der Waals surface area contributed by atoms with Crippen LogP contribution in [-0.2, 0) is 19.3 Å². The van der Waals surface area contributed by atoms with Crippen LogP contribution in [0.15, 0.2) is 24.3 Å². The molecule has 1 aliphatic heterocycles. The van der Waals surface area contributed by atoms with Crippen LogP contribution in [0.5, 0.6) is 0 Å². The van der Waals surface area contributed by atoms with Gasteiger partial charge in [0.1, 0.15) is 0 Å². The Morgan fingerprint density at radius 2 is 2.06 bits per heavy atom. The third-order valence-electron chi connectivity index (χ3n) is 1.89. The largest absolute Gasteiger partial charge is 0.478 e. The second-order valence-corrected chi connectivity index (χ2v) is 3.01. The average molecular weight is 238 g/mol. The monoisotopic (exact) mass is 238 g/mol. The number of hydrogen-bond acceptors (Lipinski definition) is 7. The van der Waals surface area contributed by atoms with E-state index in [4.69, 9.17) is 5.11 Å². The molecule has 0 bridgehead atoms. The Morgan fingerprint density at radius 3 is 2.71 bits per heavy atom. The van der Waals surface area contributed by atoms with E-state index in [0.717, 1.165) is 5.17 Å². The van der Waals surface area contributed by atoms with Crippen LogP contribution in [0.1, 0.15) is 10.4 Å². The van der Waals surface area contributed by atoms with Gasteiger partial charge in [-0.15, -0.1) is 5.17 Å². The van der Waals surface area contributed by atoms with E-state index in [0.29, 0.717) is 0 Å². The van der Waals surface area contributed by atoms with Crippen molar-refractivity contribution in [2.45, 2.75) is 0 Å². The molecule has 8 heteroatoms. The van der Waals surface area contributed by atoms with E-state index in [1.807, 2.05) is 5.59 Å². The van der Waals surface area contributed by atoms with E-state index in [9.17, 15) is 14.4 Å². The molecule has 1 fully saturated rings. The van der Waals surface area contributed by atoms with Crippen molar-refractivity contribution in [3.63, 3.8) is 0 Å². The number of hydrogen-bond donors (Lipinski definition) is 2. The van der Waals surface area contributed by atoms with Crippen molar-refractivity contribution in [3.8, 4) is 0 Å². The predicted octanol–water partition coefficient (Wildman–Crippen LogP) is -0.374. The van der Waals surface area contributed by atoms with E-state index in [1.54, 1.807) is 0 Å². The number of rotatable bonds is 2. The molecule has 17 heavy (non-hydrogen) atoms. The summed E-state index contributed by atoms with van der Waals surface area (Å²) in [5.41, 5.74) is 2.23. The Hall–Kier alpha value is -2.61. The summed E-state index contributed by atoms with van der Waals surface area (Å²) in [7, 11) is 0. The summed E-state index contributed by atoms with van der Waals surface area (Å²) in [4.78, 5) is 41.1. The lowest BCUT2D eigenvalue weighted by Crippen LogP contribution is -2.49. The van der Waals surface area contributed by atoms with Crippen molar-refractivity contribution in [2.24, 2.45) is 0 Å². The molecule has 0 saturated carbocycles. The minimum absolute atomic E-state index is 0.00255. The number of nitrogens with one attached hydrogen (secondary N) is 1. The van der Waals surface area contributed by atoms with Crippen LogP contribution in [0, 0.1) is 0 Å². The zero-order chi connectivity index (χ0) is 12.4. The molecular weight excluding hydrogens is 232 g/mol. The Labute approximate surface area is 94.2 Å². The fourth-order valence-electron chi connectivity index (χ4n) is 1.13. The SMILES string of the molecule is O=C1ONN(c2cccc(C(=O)O)c2)OC1=O. The molecule has 1 heterocycles. The van der Waals surface area contributed by atoms with Gasteiger partial charge >= 0.3 is 17.9 Å². The van der Waals surface area contributed by atoms with Crippen molar-refractivity contribution in [2.75, 3.05) is 5.17 Å². The second-order valence-electron chi connectivity index (χ2n) is 3.01. The summed E-state index contributed by atoms with van der Waals surface area (Å²) in [5.74, 6) is -3.52. The average Bonchev–Trinajstić information content (AvgIpc) is 2.33. The lowest BCUT2D eigenvalue weighted by molar-refractivity contribution is -0.192. The first-order valence-electron chi connectivity index (χ1n) is 4.40. The zero-order valence-corrected chi connectivity index (χ0v) is 8.25. The van der Waals surface area contributed by atoms with Crippen molar-refractivity contribution < 1.29 is 29.2 Å². The van der Waals surface area contributed by atoms with Crippen LogP contribution in [0.4, 0.5) is 5.69 Å². The molecule has 8 nitrogen and oxygen atoms in total. The Kier molecular flexibility index (Phi) is 2.63. The summed E-state index contributed by atoms with van der Waals surface area (Å²) in [5, 5.41) is 9.52. The van der Waals surface area contributed by atoms with E-state index in [1.165, 1.54) is 24.3 Å². The number of benzene rings is 1. The molecule has 0 radical (unpaired) electrons. The predicted molar refractivity (Wildman–Crippen MR) is 51.2 cm³/mol. The molecule has 0 atom stereocenters. The molecule has 88 valence electrons. The van der Waals surface area contributed by atoms with Gasteiger partial charge in [0, 0.05) is 0 Å². The highest BCUT2D eigenvalue weighted by Gasteiger charge is 2.29. The summed E-state index contributed by atoms with van der Waals surface area (Å²) in [6.07, 6.45) is 0. The number of hydrazine groups is 1. The van der Waals surface area contributed by atoms with E-state index >= 15 is 0 Å². The molecule has 1 saturated heterocycles. The third kappa shape index (κ3) is 2.16. The number of nitrogens with zero attached hydrogens (tertiary/aromatic N) is 1. The second kappa shape index (κ2) is 4.10. The molecule has 1 aliphatic rings. The quantitative estimate of drug-likeness (QED) is 0.672. The Balaban J connectivity index is 2.23. The van der Waals surface area contributed by atoms with Crippen LogP contribution in [-0.4, -0.2) is 23.0 Å². The summed E-state index contributed by atoms with van der Waals surface area (Å²) >= 11 is 0. The molecule has 0 aliphatic carbocycles. The molecule has 2 N–H and O–H groups in total. The maximum Gasteiger partial charge on any atom is 0.444 e. The van der Waals surface area contributed by atoms with Gasteiger partial charge in [0.25, 0.3) is 0 Å². The van der Waals surface area contributed by atoms with Gasteiger partial charge in [0.2, 0.25) is 0 Å². The molecule has 0 amide bonds. The highest BCUT2D eigenvalue weighted by Crippen LogP contribution is 2.16. The molecule has 2 rings (SSSR count). The van der Waals surface area contributed by atoms with Gasteiger partial charge in [-0.1, -0.05) is 6.07 Å². The van der Waals surface area contributed by atoms with E-state index < -0.39 is 17.9 Å². The standard InChI is InChI=1S/C9H6N2O6/c12-7(13)5-2-1-3-6(4-5)11-10-16-8(14)9(15)17-11/h1-4,10H,(H,12,13). The Bertz CT molecular complexity index is 500. The minimum atomic E-state index is -1.20. The number of carboxylic acid groups (broad SMARTS) is 1. The number of anilines is 1. The van der Waals surface area contributed by atoms with Gasteiger partial charge in [-0.2, -0.15) is 0 Å². The van der Waals surface area contributed by atoms with Crippen LogP contribution in [0.3, 0.4) is 0 Å². The van der Waals surface area contributed by atoms with E-state index in [-0.39, 0.29) is 11.3 Å². The smallest absolute Gasteiger partial charge is 0.444 e. The van der Waals surface area contributed by atoms with Crippen molar-refractivity contribution >= 4 is 23.6 Å². The molecule has 0 unspecified atom stereocenters. The molecule has 1 aromatic carbocycles. The first-order valence-corrected chi connectivity index (χ1v) is 4.40. The van der Waals surface area contributed by atoms with Crippen molar-refractivity contribution in [1.82, 2.24) is 5.59 Å². The van der Waals surface area contributed by atoms with Crippen LogP contribution in [0.25, 0.3) is 0 Å². The summed E-state index contributed by atoms with van der Waals surface area (Å²) < 4.78 is 0. The lowest BCUT2D eigenvalue weighted by Gasteiger charge is -2.25. The fraction of sp³-hybridized carbons (Fsp3) is 0. The first-order chi connectivity index (χ1) is 8.08. The lowest BCUT2D eigenvalue weighted by atomic mass is 10.2. The first kappa shape index (κ1) is 10.9. The van der Waals surface area contributed by atoms with Gasteiger partial charge in [-0.3, -0.25) is 0 Å². The fourth-order valence-corrected chi connectivity index (χ4v) is 1.13. The minimum Gasteiger partial charge on any atom is -0.478 e. The molecule has 1 aromatic rings. The maximum atomic E-state index is 10.9. The van der Waals surface area contributed by atoms with Gasteiger partial charge in [0.05, 0.1) is 11.3 Å². The van der Waals surface area contributed by atoms with Gasteiger partial charge in [0.15, 0.2) is 0 Å². The van der Waals surface area contributed by atoms with Gasteiger partial charge in [-0.25, -0.2) is 14.4 Å². The van der Waals surface area contributed by atoms with E-state index in [2.05, 4.69) is 9.68 Å². The van der Waals surface area contributed by atoms with Crippen LogP contribution < -0.4 is 10.8 Å². The normalized spacial score (nSPS) is 15.2. The van der Waals surface area contributed by atoms with Crippen molar-refractivity contribution in [3.05, 3.63) is 29.8 Å². The number of carboxylic acids is 1. The Morgan fingerprint density at radius 1 is 1.29 bits per heavy atom. The molecule has 0 spiro atoms. The zero-order valence-electron chi connectivity index (χ0n) is 8.25. The number of aromatic carboxylic acids is 1. The number of carbonyl (C=O) groups is 3. The summed E-state index contributed by atoms with van der Waals surface area (Å²) in [6.45, 7) is 0. The maximum absolute atomic E-state index is 10.9. The van der Waals surface area contributed by atoms with Crippen LogP contribution >= 0.6 is 0 Å². The summed E-state index contributed by atoms with van der Waals surface area (Å²) in [6, 6.07) is 5.52. The van der Waals surface area contributed by atoms with Crippen LogP contribution in [0.2, 0.25) is 0 Å².